The minimum absolute atomic E-state index is 0.0271. The van der Waals surface area contributed by atoms with Gasteiger partial charge in [-0.25, -0.2) is 4.98 Å². The zero-order valence-electron chi connectivity index (χ0n) is 10.6. The predicted molar refractivity (Wildman–Crippen MR) is 66.7 cm³/mol. The second kappa shape index (κ2) is 5.26. The molecule has 2 heterocycles. The summed E-state index contributed by atoms with van der Waals surface area (Å²) in [6.45, 7) is 2.56. The van der Waals surface area contributed by atoms with Crippen LogP contribution in [0.25, 0.3) is 0 Å². The molecule has 0 bridgehead atoms. The maximum absolute atomic E-state index is 12.2. The third-order valence-electron chi connectivity index (χ3n) is 3.29. The van der Waals surface area contributed by atoms with Crippen molar-refractivity contribution in [3.8, 4) is 5.75 Å². The molecule has 2 rings (SSSR count). The van der Waals surface area contributed by atoms with Crippen molar-refractivity contribution in [3.63, 3.8) is 0 Å². The Bertz CT molecular complexity index is 503. The fourth-order valence-corrected chi connectivity index (χ4v) is 2.41. The van der Waals surface area contributed by atoms with E-state index in [1.54, 1.807) is 0 Å². The minimum Gasteiger partial charge on any atom is -0.505 e. The number of amides is 1. The predicted octanol–water partition coefficient (Wildman–Crippen LogP) is 0.970. The minimum atomic E-state index is -0.894. The van der Waals surface area contributed by atoms with Crippen LogP contribution in [0.5, 0.6) is 5.75 Å². The first-order chi connectivity index (χ1) is 8.99. The van der Waals surface area contributed by atoms with E-state index in [1.807, 2.05) is 6.92 Å². The van der Waals surface area contributed by atoms with Gasteiger partial charge in [-0.2, -0.15) is 0 Å². The summed E-state index contributed by atoms with van der Waals surface area (Å²) < 4.78 is 0. The van der Waals surface area contributed by atoms with Crippen LogP contribution in [0.15, 0.2) is 18.3 Å². The molecule has 1 amide bonds. The van der Waals surface area contributed by atoms with Gasteiger partial charge in [-0.05, 0) is 24.5 Å². The fourth-order valence-electron chi connectivity index (χ4n) is 2.41. The van der Waals surface area contributed by atoms with E-state index in [0.29, 0.717) is 13.0 Å². The van der Waals surface area contributed by atoms with Crippen molar-refractivity contribution in [3.05, 3.63) is 24.0 Å². The van der Waals surface area contributed by atoms with Crippen LogP contribution >= 0.6 is 0 Å². The Labute approximate surface area is 110 Å². The maximum Gasteiger partial charge on any atom is 0.308 e. The molecule has 1 aliphatic heterocycles. The van der Waals surface area contributed by atoms with E-state index in [9.17, 15) is 14.7 Å². The lowest BCUT2D eigenvalue weighted by atomic mass is 9.90. The molecule has 0 spiro atoms. The molecule has 0 radical (unpaired) electrons. The van der Waals surface area contributed by atoms with E-state index in [4.69, 9.17) is 5.11 Å². The van der Waals surface area contributed by atoms with Crippen LogP contribution in [0.4, 0.5) is 0 Å². The normalized spacial score (nSPS) is 23.1. The first-order valence-electron chi connectivity index (χ1n) is 6.15. The highest BCUT2D eigenvalue weighted by Gasteiger charge is 2.33. The smallest absolute Gasteiger partial charge is 0.308 e. The van der Waals surface area contributed by atoms with Crippen molar-refractivity contribution in [1.29, 1.82) is 0 Å². The number of piperidine rings is 1. The van der Waals surface area contributed by atoms with E-state index >= 15 is 0 Å². The lowest BCUT2D eigenvalue weighted by Gasteiger charge is -2.34. The largest absolute Gasteiger partial charge is 0.505 e. The highest BCUT2D eigenvalue weighted by Crippen LogP contribution is 2.24. The molecule has 1 aromatic rings. The van der Waals surface area contributed by atoms with E-state index in [2.05, 4.69) is 4.98 Å². The number of carboxylic acids is 1. The molecule has 1 aliphatic rings. The van der Waals surface area contributed by atoms with E-state index in [1.165, 1.54) is 23.2 Å². The number of nitrogens with zero attached hydrogens (tertiary/aromatic N) is 2. The molecule has 2 atom stereocenters. The van der Waals surface area contributed by atoms with Gasteiger partial charge in [-0.15, -0.1) is 0 Å². The number of aliphatic carboxylic acids is 1. The van der Waals surface area contributed by atoms with Crippen LogP contribution in [-0.4, -0.2) is 45.1 Å². The summed E-state index contributed by atoms with van der Waals surface area (Å²) in [5, 5.41) is 18.7. The van der Waals surface area contributed by atoms with E-state index < -0.39 is 17.8 Å². The van der Waals surface area contributed by atoms with Crippen LogP contribution in [0.2, 0.25) is 0 Å². The summed E-state index contributed by atoms with van der Waals surface area (Å²) in [6, 6.07) is 2.92. The quantitative estimate of drug-likeness (QED) is 0.830. The second-order valence-electron chi connectivity index (χ2n) is 4.96. The maximum atomic E-state index is 12.2. The van der Waals surface area contributed by atoms with Gasteiger partial charge in [0, 0.05) is 19.3 Å². The molecule has 1 saturated heterocycles. The Hall–Kier alpha value is -2.11. The Kier molecular flexibility index (Phi) is 3.69. The van der Waals surface area contributed by atoms with Gasteiger partial charge in [0.1, 0.15) is 5.75 Å². The van der Waals surface area contributed by atoms with Gasteiger partial charge in [0.2, 0.25) is 0 Å². The molecule has 1 fully saturated rings. The molecule has 19 heavy (non-hydrogen) atoms. The molecule has 0 aliphatic carbocycles. The zero-order chi connectivity index (χ0) is 14.0. The number of hydrogen-bond donors (Lipinski definition) is 2. The first kappa shape index (κ1) is 13.3. The van der Waals surface area contributed by atoms with Gasteiger partial charge in [0.05, 0.1) is 5.92 Å². The Morgan fingerprint density at radius 1 is 1.42 bits per heavy atom. The van der Waals surface area contributed by atoms with Crippen LogP contribution in [0, 0.1) is 11.8 Å². The monoisotopic (exact) mass is 264 g/mol. The summed E-state index contributed by atoms with van der Waals surface area (Å²) in [6.07, 6.45) is 1.99. The fraction of sp³-hybridized carbons (Fsp3) is 0.462. The van der Waals surface area contributed by atoms with Crippen LogP contribution < -0.4 is 0 Å². The van der Waals surface area contributed by atoms with Crippen molar-refractivity contribution in [2.24, 2.45) is 11.8 Å². The van der Waals surface area contributed by atoms with Gasteiger partial charge in [0.25, 0.3) is 5.91 Å². The van der Waals surface area contributed by atoms with Gasteiger partial charge in [-0.1, -0.05) is 6.92 Å². The summed E-state index contributed by atoms with van der Waals surface area (Å²) in [5.41, 5.74) is -0.0271. The number of aromatic nitrogens is 1. The van der Waals surface area contributed by atoms with Crippen molar-refractivity contribution in [2.45, 2.75) is 13.3 Å². The molecule has 6 nitrogen and oxygen atoms in total. The third kappa shape index (κ3) is 2.83. The van der Waals surface area contributed by atoms with Crippen molar-refractivity contribution in [1.82, 2.24) is 9.88 Å². The van der Waals surface area contributed by atoms with Crippen LogP contribution in [-0.2, 0) is 4.79 Å². The van der Waals surface area contributed by atoms with Crippen LogP contribution in [0.1, 0.15) is 23.8 Å². The van der Waals surface area contributed by atoms with E-state index in [-0.39, 0.29) is 23.9 Å². The summed E-state index contributed by atoms with van der Waals surface area (Å²) in [7, 11) is 0. The lowest BCUT2D eigenvalue weighted by molar-refractivity contribution is -0.143. The number of carbonyl (C=O) groups is 2. The highest BCUT2D eigenvalue weighted by atomic mass is 16.4. The molecule has 2 N–H and O–H groups in total. The molecule has 6 heteroatoms. The second-order valence-corrected chi connectivity index (χ2v) is 4.96. The van der Waals surface area contributed by atoms with Gasteiger partial charge >= 0.3 is 5.97 Å². The van der Waals surface area contributed by atoms with Gasteiger partial charge in [0.15, 0.2) is 5.69 Å². The molecule has 0 saturated carbocycles. The summed E-state index contributed by atoms with van der Waals surface area (Å²) in [4.78, 5) is 28.6. The molecule has 1 aromatic heterocycles. The average molecular weight is 264 g/mol. The highest BCUT2D eigenvalue weighted by molar-refractivity contribution is 5.95. The Balaban J connectivity index is 2.19. The number of hydrogen-bond acceptors (Lipinski definition) is 4. The Morgan fingerprint density at radius 2 is 2.16 bits per heavy atom. The average Bonchev–Trinajstić information content (AvgIpc) is 2.37. The van der Waals surface area contributed by atoms with Crippen LogP contribution in [0.3, 0.4) is 0 Å². The molecule has 102 valence electrons. The van der Waals surface area contributed by atoms with Gasteiger partial charge in [-0.3, -0.25) is 9.59 Å². The topological polar surface area (TPSA) is 90.7 Å². The Morgan fingerprint density at radius 3 is 2.79 bits per heavy atom. The van der Waals surface area contributed by atoms with Gasteiger partial charge < -0.3 is 15.1 Å². The van der Waals surface area contributed by atoms with E-state index in [0.717, 1.165) is 0 Å². The van der Waals surface area contributed by atoms with Crippen molar-refractivity contribution < 1.29 is 19.8 Å². The lowest BCUT2D eigenvalue weighted by Crippen LogP contribution is -2.45. The van der Waals surface area contributed by atoms with Crippen molar-refractivity contribution in [2.75, 3.05) is 13.1 Å². The first-order valence-corrected chi connectivity index (χ1v) is 6.15. The van der Waals surface area contributed by atoms with Crippen molar-refractivity contribution >= 4 is 11.9 Å². The number of likely N-dealkylation sites (tertiary alicyclic amines) is 1. The SMILES string of the molecule is CC1CC(C(=O)O)CN(C(=O)c2ncccc2O)C1. The number of carbonyl (C=O) groups excluding carboxylic acids is 1. The zero-order valence-corrected chi connectivity index (χ0v) is 10.6. The summed E-state index contributed by atoms with van der Waals surface area (Å²) in [5.74, 6) is -1.94. The number of pyridine rings is 1. The molecular weight excluding hydrogens is 248 g/mol. The molecular formula is C13H16N2O4. The number of aromatic hydroxyl groups is 1. The summed E-state index contributed by atoms with van der Waals surface area (Å²) >= 11 is 0. The number of carboxylic acid groups (broad SMARTS) is 1. The third-order valence-corrected chi connectivity index (χ3v) is 3.29. The number of rotatable bonds is 2. The molecule has 2 unspecified atom stereocenters. The molecule has 0 aromatic carbocycles. The standard InChI is InChI=1S/C13H16N2O4/c1-8-5-9(13(18)19)7-15(6-8)12(17)11-10(16)3-2-4-14-11/h2-4,8-9,16H,5-7H2,1H3,(H,18,19).